The normalized spacial score (nSPS) is 19.2. The number of carbonyl (C=O) groups is 1. The SMILES string of the molecule is CC(=O)c1ccc(CCCC2=C\CC\C(c3ccc(Cl)cc3)=C/C=N/2)cc1. The molecule has 2 aromatic rings. The Morgan fingerprint density at radius 2 is 1.78 bits per heavy atom. The molecule has 0 spiro atoms. The van der Waals surface area contributed by atoms with Gasteiger partial charge in [0, 0.05) is 22.5 Å². The average molecular weight is 378 g/mol. The third kappa shape index (κ3) is 5.77. The maximum absolute atomic E-state index is 11.3. The molecule has 0 fully saturated rings. The summed E-state index contributed by atoms with van der Waals surface area (Å²) in [5, 5.41) is 0.761. The molecule has 27 heavy (non-hydrogen) atoms. The number of hydrogen-bond donors (Lipinski definition) is 0. The van der Waals surface area contributed by atoms with E-state index in [0.717, 1.165) is 48.4 Å². The van der Waals surface area contributed by atoms with E-state index in [9.17, 15) is 4.79 Å². The number of allylic oxidation sites excluding steroid dienone is 4. The maximum Gasteiger partial charge on any atom is 0.159 e. The lowest BCUT2D eigenvalue weighted by atomic mass is 9.99. The quantitative estimate of drug-likeness (QED) is 0.515. The molecule has 1 aliphatic heterocycles. The van der Waals surface area contributed by atoms with Crippen molar-refractivity contribution in [3.05, 3.63) is 88.1 Å². The van der Waals surface area contributed by atoms with E-state index in [4.69, 9.17) is 11.6 Å². The second-order valence-electron chi connectivity index (χ2n) is 6.82. The fourth-order valence-corrected chi connectivity index (χ4v) is 3.33. The Kier molecular flexibility index (Phi) is 6.78. The molecule has 0 aromatic heterocycles. The fraction of sp³-hybridized carbons (Fsp3) is 0.250. The summed E-state index contributed by atoms with van der Waals surface area (Å²) in [6.45, 7) is 1.60. The molecule has 0 aliphatic carbocycles. The fourth-order valence-electron chi connectivity index (χ4n) is 3.20. The summed E-state index contributed by atoms with van der Waals surface area (Å²) in [5.74, 6) is 0.113. The molecule has 0 radical (unpaired) electrons. The van der Waals surface area contributed by atoms with Crippen LogP contribution in [0.5, 0.6) is 0 Å². The Morgan fingerprint density at radius 3 is 2.48 bits per heavy atom. The number of ketones is 1. The monoisotopic (exact) mass is 377 g/mol. The van der Waals surface area contributed by atoms with Crippen LogP contribution in [-0.2, 0) is 6.42 Å². The summed E-state index contributed by atoms with van der Waals surface area (Å²) < 4.78 is 0. The molecule has 0 unspecified atom stereocenters. The summed E-state index contributed by atoms with van der Waals surface area (Å²) in [6.07, 6.45) is 11.3. The molecule has 1 heterocycles. The van der Waals surface area contributed by atoms with Gasteiger partial charge in [-0.05, 0) is 73.9 Å². The van der Waals surface area contributed by atoms with E-state index in [1.165, 1.54) is 16.7 Å². The van der Waals surface area contributed by atoms with Crippen LogP contribution in [0.4, 0.5) is 0 Å². The van der Waals surface area contributed by atoms with Crippen LogP contribution >= 0.6 is 11.6 Å². The number of Topliss-reactive ketones (excluding diaryl/α,β-unsaturated/α-hetero) is 1. The molecule has 2 nitrogen and oxygen atoms in total. The minimum atomic E-state index is 0.113. The molecular formula is C24H24ClNO. The van der Waals surface area contributed by atoms with E-state index in [1.807, 2.05) is 42.6 Å². The van der Waals surface area contributed by atoms with E-state index >= 15 is 0 Å². The first kappa shape index (κ1) is 19.3. The van der Waals surface area contributed by atoms with Crippen molar-refractivity contribution < 1.29 is 4.79 Å². The summed E-state index contributed by atoms with van der Waals surface area (Å²) in [5.41, 5.74) is 5.68. The molecule has 0 atom stereocenters. The predicted molar refractivity (Wildman–Crippen MR) is 115 cm³/mol. The van der Waals surface area contributed by atoms with Crippen LogP contribution in [0.2, 0.25) is 5.02 Å². The summed E-state index contributed by atoms with van der Waals surface area (Å²) in [4.78, 5) is 16.0. The summed E-state index contributed by atoms with van der Waals surface area (Å²) in [7, 11) is 0. The molecule has 138 valence electrons. The average Bonchev–Trinajstić information content (AvgIpc) is 2.65. The first-order valence-corrected chi connectivity index (χ1v) is 9.78. The standard InChI is InChI=1S/C24H24ClNO/c1-18(27)20-10-8-19(9-11-20)4-2-6-24-7-3-5-21(16-17-26-24)22-12-14-23(25)15-13-22/h7-17H,2-6H2,1H3/b21-16+,24-7-,26-17+. The van der Waals surface area contributed by atoms with Crippen LogP contribution in [0.15, 0.2) is 71.4 Å². The van der Waals surface area contributed by atoms with Crippen LogP contribution in [-0.4, -0.2) is 12.0 Å². The Bertz CT molecular complexity index is 874. The van der Waals surface area contributed by atoms with E-state index in [2.05, 4.69) is 29.3 Å². The van der Waals surface area contributed by atoms with Gasteiger partial charge in [0.05, 0.1) is 0 Å². The van der Waals surface area contributed by atoms with Gasteiger partial charge in [0.25, 0.3) is 0 Å². The lowest BCUT2D eigenvalue weighted by Crippen LogP contribution is -1.94. The molecule has 1 aliphatic rings. The first-order valence-electron chi connectivity index (χ1n) is 9.40. The van der Waals surface area contributed by atoms with Gasteiger partial charge in [-0.25, -0.2) is 0 Å². The maximum atomic E-state index is 11.3. The molecule has 3 heteroatoms. The molecule has 0 N–H and O–H groups in total. The number of hydrogen-bond acceptors (Lipinski definition) is 2. The Morgan fingerprint density at radius 1 is 1.04 bits per heavy atom. The van der Waals surface area contributed by atoms with Crippen LogP contribution in [0.3, 0.4) is 0 Å². The van der Waals surface area contributed by atoms with Gasteiger partial charge in [0.15, 0.2) is 5.78 Å². The van der Waals surface area contributed by atoms with Gasteiger partial charge >= 0.3 is 0 Å². The molecule has 0 bridgehead atoms. The Labute approximate surface area is 166 Å². The van der Waals surface area contributed by atoms with Crippen molar-refractivity contribution >= 4 is 29.2 Å². The second kappa shape index (κ2) is 9.48. The molecule has 0 amide bonds. The van der Waals surface area contributed by atoms with Crippen molar-refractivity contribution in [2.45, 2.75) is 39.0 Å². The molecular weight excluding hydrogens is 354 g/mol. The summed E-state index contributed by atoms with van der Waals surface area (Å²) in [6, 6.07) is 15.9. The number of nitrogens with zero attached hydrogens (tertiary/aromatic N) is 1. The summed E-state index contributed by atoms with van der Waals surface area (Å²) >= 11 is 5.97. The van der Waals surface area contributed by atoms with Gasteiger partial charge in [-0.15, -0.1) is 0 Å². The molecule has 3 rings (SSSR count). The van der Waals surface area contributed by atoms with Gasteiger partial charge in [0.2, 0.25) is 0 Å². The van der Waals surface area contributed by atoms with Crippen LogP contribution in [0.1, 0.15) is 54.1 Å². The van der Waals surface area contributed by atoms with Crippen molar-refractivity contribution in [3.63, 3.8) is 0 Å². The largest absolute Gasteiger partial charge is 0.295 e. The zero-order valence-electron chi connectivity index (χ0n) is 15.6. The molecule has 2 aromatic carbocycles. The Hall–Kier alpha value is -2.45. The van der Waals surface area contributed by atoms with Crippen molar-refractivity contribution in [3.8, 4) is 0 Å². The van der Waals surface area contributed by atoms with Gasteiger partial charge in [-0.2, -0.15) is 0 Å². The highest BCUT2D eigenvalue weighted by molar-refractivity contribution is 6.30. The number of halogens is 1. The molecule has 0 saturated carbocycles. The van der Waals surface area contributed by atoms with Gasteiger partial charge in [0.1, 0.15) is 0 Å². The molecule has 0 saturated heterocycles. The number of benzene rings is 2. The third-order valence-corrected chi connectivity index (χ3v) is 5.04. The van der Waals surface area contributed by atoms with Crippen molar-refractivity contribution in [2.24, 2.45) is 4.99 Å². The van der Waals surface area contributed by atoms with Crippen molar-refractivity contribution in [1.29, 1.82) is 0 Å². The minimum Gasteiger partial charge on any atom is -0.295 e. The van der Waals surface area contributed by atoms with Gasteiger partial charge in [-0.1, -0.05) is 54.1 Å². The number of aryl methyl sites for hydroxylation is 1. The van der Waals surface area contributed by atoms with E-state index in [1.54, 1.807) is 6.92 Å². The minimum absolute atomic E-state index is 0.113. The lowest BCUT2D eigenvalue weighted by molar-refractivity contribution is 0.101. The van der Waals surface area contributed by atoms with E-state index in [0.29, 0.717) is 0 Å². The highest BCUT2D eigenvalue weighted by atomic mass is 35.5. The third-order valence-electron chi connectivity index (χ3n) is 4.78. The lowest BCUT2D eigenvalue weighted by Gasteiger charge is -2.10. The van der Waals surface area contributed by atoms with Crippen molar-refractivity contribution in [1.82, 2.24) is 0 Å². The van der Waals surface area contributed by atoms with Gasteiger partial charge in [-0.3, -0.25) is 9.79 Å². The first-order chi connectivity index (χ1) is 13.1. The van der Waals surface area contributed by atoms with Crippen LogP contribution < -0.4 is 0 Å². The topological polar surface area (TPSA) is 29.4 Å². The van der Waals surface area contributed by atoms with Crippen LogP contribution in [0, 0.1) is 0 Å². The van der Waals surface area contributed by atoms with Crippen molar-refractivity contribution in [2.75, 3.05) is 0 Å². The Balaban J connectivity index is 1.53. The number of carbonyl (C=O) groups excluding carboxylic acids is 1. The smallest absolute Gasteiger partial charge is 0.159 e. The highest BCUT2D eigenvalue weighted by Gasteiger charge is 2.05. The van der Waals surface area contributed by atoms with Crippen LogP contribution in [0.25, 0.3) is 5.57 Å². The zero-order valence-corrected chi connectivity index (χ0v) is 16.4. The van der Waals surface area contributed by atoms with E-state index < -0.39 is 0 Å². The zero-order chi connectivity index (χ0) is 19.1. The number of rotatable bonds is 6. The number of aliphatic imine (C=N–C) groups is 1. The highest BCUT2D eigenvalue weighted by Crippen LogP contribution is 2.24. The second-order valence-corrected chi connectivity index (χ2v) is 7.25. The van der Waals surface area contributed by atoms with E-state index in [-0.39, 0.29) is 5.78 Å². The predicted octanol–water partition coefficient (Wildman–Crippen LogP) is 6.70. The van der Waals surface area contributed by atoms with Gasteiger partial charge < -0.3 is 0 Å².